The molecule has 1 heterocycles. The van der Waals surface area contributed by atoms with E-state index < -0.39 is 5.79 Å². The van der Waals surface area contributed by atoms with Crippen LogP contribution in [0.5, 0.6) is 0 Å². The topological polar surface area (TPSA) is 18.5 Å². The summed E-state index contributed by atoms with van der Waals surface area (Å²) in [5.74, 6) is 0.494. The van der Waals surface area contributed by atoms with Crippen molar-refractivity contribution in [2.75, 3.05) is 6.61 Å². The number of hydrogen-bond acceptors (Lipinski definition) is 2. The van der Waals surface area contributed by atoms with Crippen molar-refractivity contribution in [3.05, 3.63) is 35.9 Å². The summed E-state index contributed by atoms with van der Waals surface area (Å²) >= 11 is 0. The summed E-state index contributed by atoms with van der Waals surface area (Å²) in [5, 5.41) is 0. The lowest BCUT2D eigenvalue weighted by Gasteiger charge is -2.43. The van der Waals surface area contributed by atoms with Crippen molar-refractivity contribution in [1.29, 1.82) is 0 Å². The molecule has 0 N–H and O–H groups in total. The zero-order chi connectivity index (χ0) is 12.5. The molecule has 0 radical (unpaired) electrons. The van der Waals surface area contributed by atoms with Crippen LogP contribution >= 0.6 is 0 Å². The number of benzene rings is 1. The van der Waals surface area contributed by atoms with E-state index in [1.54, 1.807) is 0 Å². The third kappa shape index (κ3) is 2.88. The lowest BCUT2D eigenvalue weighted by Crippen LogP contribution is -2.43. The molecule has 1 aliphatic rings. The molecule has 1 fully saturated rings. The summed E-state index contributed by atoms with van der Waals surface area (Å²) in [7, 11) is 0. The van der Waals surface area contributed by atoms with Gasteiger partial charge in [-0.15, -0.1) is 0 Å². The molecule has 0 aromatic heterocycles. The van der Waals surface area contributed by atoms with Crippen molar-refractivity contribution in [3.8, 4) is 0 Å². The van der Waals surface area contributed by atoms with Gasteiger partial charge in [0.1, 0.15) is 0 Å². The Morgan fingerprint density at radius 2 is 1.82 bits per heavy atom. The molecule has 0 spiro atoms. The second kappa shape index (κ2) is 4.79. The average molecular weight is 234 g/mol. The van der Waals surface area contributed by atoms with Crippen LogP contribution in [0.1, 0.15) is 39.4 Å². The predicted molar refractivity (Wildman–Crippen MR) is 68.6 cm³/mol. The first-order valence-electron chi connectivity index (χ1n) is 6.36. The zero-order valence-corrected chi connectivity index (χ0v) is 11.1. The number of hydrogen-bond donors (Lipinski definition) is 0. The summed E-state index contributed by atoms with van der Waals surface area (Å²) in [6, 6.07) is 10.5. The van der Waals surface area contributed by atoms with Crippen molar-refractivity contribution in [3.63, 3.8) is 0 Å². The van der Waals surface area contributed by atoms with Gasteiger partial charge < -0.3 is 9.47 Å². The van der Waals surface area contributed by atoms with Gasteiger partial charge in [0.05, 0.1) is 12.7 Å². The molecule has 17 heavy (non-hydrogen) atoms. The molecule has 1 aliphatic heterocycles. The van der Waals surface area contributed by atoms with Gasteiger partial charge in [0.15, 0.2) is 5.79 Å². The van der Waals surface area contributed by atoms with Gasteiger partial charge in [-0.1, -0.05) is 44.2 Å². The minimum atomic E-state index is -0.480. The van der Waals surface area contributed by atoms with Crippen molar-refractivity contribution >= 4 is 0 Å². The Morgan fingerprint density at radius 3 is 2.41 bits per heavy atom. The minimum Gasteiger partial charge on any atom is -0.350 e. The van der Waals surface area contributed by atoms with Crippen molar-refractivity contribution in [2.24, 2.45) is 11.8 Å². The van der Waals surface area contributed by atoms with E-state index in [2.05, 4.69) is 38.1 Å². The fraction of sp³-hybridized carbons (Fsp3) is 0.600. The Balaban J connectivity index is 2.26. The Kier molecular flexibility index (Phi) is 3.55. The fourth-order valence-corrected chi connectivity index (χ4v) is 2.31. The van der Waals surface area contributed by atoms with E-state index >= 15 is 0 Å². The third-order valence-electron chi connectivity index (χ3n) is 3.41. The van der Waals surface area contributed by atoms with Gasteiger partial charge in [0, 0.05) is 5.92 Å². The van der Waals surface area contributed by atoms with Gasteiger partial charge >= 0.3 is 0 Å². The van der Waals surface area contributed by atoms with Crippen LogP contribution in [-0.4, -0.2) is 12.4 Å². The molecule has 0 bridgehead atoms. The summed E-state index contributed by atoms with van der Waals surface area (Å²) in [6.45, 7) is 9.19. The largest absolute Gasteiger partial charge is 0.350 e. The van der Waals surface area contributed by atoms with Crippen LogP contribution in [-0.2, 0) is 9.47 Å². The molecule has 2 nitrogen and oxygen atoms in total. The lowest BCUT2D eigenvalue weighted by atomic mass is 9.86. The summed E-state index contributed by atoms with van der Waals surface area (Å²) < 4.78 is 11.9. The highest BCUT2D eigenvalue weighted by atomic mass is 16.7. The first kappa shape index (κ1) is 12.6. The maximum atomic E-state index is 6.11. The van der Waals surface area contributed by atoms with Crippen LogP contribution < -0.4 is 0 Å². The number of rotatable bonds is 2. The molecule has 0 saturated carbocycles. The molecule has 1 saturated heterocycles. The highest BCUT2D eigenvalue weighted by molar-refractivity contribution is 5.19. The highest BCUT2D eigenvalue weighted by Gasteiger charge is 2.38. The van der Waals surface area contributed by atoms with Crippen LogP contribution in [0.2, 0.25) is 0 Å². The molecule has 94 valence electrons. The molecule has 2 unspecified atom stereocenters. The van der Waals surface area contributed by atoms with Gasteiger partial charge in [-0.05, 0) is 25.3 Å². The molecular formula is C15H22O2. The molecule has 0 amide bonds. The lowest BCUT2D eigenvalue weighted by molar-refractivity contribution is -0.300. The molecule has 0 aliphatic carbocycles. The Morgan fingerprint density at radius 1 is 1.18 bits per heavy atom. The van der Waals surface area contributed by atoms with Crippen LogP contribution in [0, 0.1) is 11.8 Å². The predicted octanol–water partition coefficient (Wildman–Crippen LogP) is 3.78. The first-order valence-corrected chi connectivity index (χ1v) is 6.36. The maximum absolute atomic E-state index is 6.11. The van der Waals surface area contributed by atoms with Crippen LogP contribution in [0.25, 0.3) is 0 Å². The van der Waals surface area contributed by atoms with Gasteiger partial charge in [-0.25, -0.2) is 0 Å². The van der Waals surface area contributed by atoms with Gasteiger partial charge in [0.25, 0.3) is 0 Å². The second-order valence-corrected chi connectivity index (χ2v) is 5.57. The molecule has 2 heteroatoms. The van der Waals surface area contributed by atoms with Gasteiger partial charge in [-0.2, -0.15) is 0 Å². The molecule has 1 aromatic carbocycles. The summed E-state index contributed by atoms with van der Waals surface area (Å²) in [6.07, 6.45) is 0.139. The van der Waals surface area contributed by atoms with Crippen LogP contribution in [0.15, 0.2) is 30.3 Å². The van der Waals surface area contributed by atoms with Crippen LogP contribution in [0.4, 0.5) is 0 Å². The van der Waals surface area contributed by atoms with E-state index in [0.29, 0.717) is 11.8 Å². The summed E-state index contributed by atoms with van der Waals surface area (Å²) in [4.78, 5) is 0. The fourth-order valence-electron chi connectivity index (χ4n) is 2.31. The van der Waals surface area contributed by atoms with Gasteiger partial charge in [0.2, 0.25) is 0 Å². The first-order chi connectivity index (χ1) is 7.99. The van der Waals surface area contributed by atoms with E-state index in [-0.39, 0.29) is 6.10 Å². The second-order valence-electron chi connectivity index (χ2n) is 5.57. The van der Waals surface area contributed by atoms with E-state index in [1.165, 1.54) is 5.56 Å². The van der Waals surface area contributed by atoms with E-state index in [9.17, 15) is 0 Å². The standard InChI is InChI=1S/C15H22O2/c1-11(2)13-10-16-15(3,4)17-14(13)12-8-6-5-7-9-12/h5-9,11,13-14H,10H2,1-4H3. The third-order valence-corrected chi connectivity index (χ3v) is 3.41. The average Bonchev–Trinajstić information content (AvgIpc) is 2.28. The van der Waals surface area contributed by atoms with Gasteiger partial charge in [-0.3, -0.25) is 0 Å². The summed E-state index contributed by atoms with van der Waals surface area (Å²) in [5.41, 5.74) is 1.25. The molecule has 1 aromatic rings. The smallest absolute Gasteiger partial charge is 0.163 e. The van der Waals surface area contributed by atoms with E-state index in [4.69, 9.17) is 9.47 Å². The van der Waals surface area contributed by atoms with E-state index in [1.807, 2.05) is 19.9 Å². The zero-order valence-electron chi connectivity index (χ0n) is 11.1. The monoisotopic (exact) mass is 234 g/mol. The number of ether oxygens (including phenoxy) is 2. The quantitative estimate of drug-likeness (QED) is 0.775. The Labute approximate surface area is 104 Å². The molecular weight excluding hydrogens is 212 g/mol. The van der Waals surface area contributed by atoms with Crippen molar-refractivity contribution in [1.82, 2.24) is 0 Å². The molecule has 2 rings (SSSR count). The maximum Gasteiger partial charge on any atom is 0.163 e. The Hall–Kier alpha value is -0.860. The van der Waals surface area contributed by atoms with Crippen molar-refractivity contribution < 1.29 is 9.47 Å². The Bertz CT molecular complexity index is 356. The van der Waals surface area contributed by atoms with E-state index in [0.717, 1.165) is 6.61 Å². The SMILES string of the molecule is CC(C)C1COC(C)(C)OC1c1ccccc1. The molecule has 2 atom stereocenters. The normalized spacial score (nSPS) is 28.3. The highest BCUT2D eigenvalue weighted by Crippen LogP contribution is 2.39. The van der Waals surface area contributed by atoms with Crippen molar-refractivity contribution in [2.45, 2.75) is 39.6 Å². The minimum absolute atomic E-state index is 0.139. The van der Waals surface area contributed by atoms with Crippen LogP contribution in [0.3, 0.4) is 0 Å².